The van der Waals surface area contributed by atoms with Crippen molar-refractivity contribution in [3.63, 3.8) is 0 Å². The quantitative estimate of drug-likeness (QED) is 0.408. The molecule has 0 bridgehead atoms. The van der Waals surface area contributed by atoms with Crippen molar-refractivity contribution in [1.82, 2.24) is 20.5 Å². The molecular weight excluding hydrogens is 452 g/mol. The van der Waals surface area contributed by atoms with E-state index in [9.17, 15) is 9.59 Å². The summed E-state index contributed by atoms with van der Waals surface area (Å²) in [6, 6.07) is 9.32. The predicted octanol–water partition coefficient (Wildman–Crippen LogP) is 3.38. The van der Waals surface area contributed by atoms with E-state index in [-0.39, 0.29) is 23.3 Å². The zero-order chi connectivity index (χ0) is 25.3. The summed E-state index contributed by atoms with van der Waals surface area (Å²) in [6.45, 7) is 10.3. The summed E-state index contributed by atoms with van der Waals surface area (Å²) in [5, 5.41) is 9.74. The number of hydrogen-bond acceptors (Lipinski definition) is 6. The first-order chi connectivity index (χ1) is 17.6. The second kappa shape index (κ2) is 12.6. The van der Waals surface area contributed by atoms with Crippen LogP contribution in [0.4, 0.5) is 11.4 Å². The molecule has 2 aliphatic heterocycles. The van der Waals surface area contributed by atoms with Gasteiger partial charge in [0.1, 0.15) is 5.69 Å². The van der Waals surface area contributed by atoms with Gasteiger partial charge in [-0.3, -0.25) is 14.9 Å². The summed E-state index contributed by atoms with van der Waals surface area (Å²) in [6.07, 6.45) is 11.4. The molecule has 0 spiro atoms. The van der Waals surface area contributed by atoms with Gasteiger partial charge in [-0.1, -0.05) is 19.9 Å². The summed E-state index contributed by atoms with van der Waals surface area (Å²) in [7, 11) is 0. The molecular formula is C28H38N6O2. The van der Waals surface area contributed by atoms with Crippen LogP contribution in [0.5, 0.6) is 0 Å². The van der Waals surface area contributed by atoms with E-state index in [0.717, 1.165) is 56.2 Å². The number of pyridine rings is 1. The van der Waals surface area contributed by atoms with Gasteiger partial charge in [0, 0.05) is 54.9 Å². The zero-order valence-electron chi connectivity index (χ0n) is 21.3. The molecule has 1 aromatic heterocycles. The van der Waals surface area contributed by atoms with Crippen molar-refractivity contribution >= 4 is 23.0 Å². The minimum absolute atomic E-state index is 0.0102. The number of carbonyl (C=O) groups excluding carboxylic acids is 1. The number of rotatable bonds is 10. The maximum absolute atomic E-state index is 12.9. The lowest BCUT2D eigenvalue weighted by atomic mass is 10.1. The normalized spacial score (nSPS) is 17.6. The van der Waals surface area contributed by atoms with E-state index < -0.39 is 0 Å². The Morgan fingerprint density at radius 2 is 1.86 bits per heavy atom. The Morgan fingerprint density at radius 1 is 1.11 bits per heavy atom. The maximum Gasteiger partial charge on any atom is 0.271 e. The van der Waals surface area contributed by atoms with Crippen molar-refractivity contribution < 1.29 is 4.79 Å². The van der Waals surface area contributed by atoms with Gasteiger partial charge in [-0.25, -0.2) is 0 Å². The fraction of sp³-hybridized carbons (Fsp3) is 0.429. The van der Waals surface area contributed by atoms with Gasteiger partial charge in [0.05, 0.1) is 6.17 Å². The van der Waals surface area contributed by atoms with Gasteiger partial charge < -0.3 is 25.4 Å². The van der Waals surface area contributed by atoms with Gasteiger partial charge in [0.2, 0.25) is 0 Å². The number of amides is 1. The lowest BCUT2D eigenvalue weighted by molar-refractivity contribution is 0.102. The zero-order valence-corrected chi connectivity index (χ0v) is 21.3. The van der Waals surface area contributed by atoms with Crippen LogP contribution in [-0.2, 0) is 0 Å². The summed E-state index contributed by atoms with van der Waals surface area (Å²) >= 11 is 0. The minimum atomic E-state index is -0.335. The van der Waals surface area contributed by atoms with Gasteiger partial charge in [0.15, 0.2) is 0 Å². The number of carbonyl (C=O) groups is 1. The lowest BCUT2D eigenvalue weighted by Gasteiger charge is -2.28. The van der Waals surface area contributed by atoms with Crippen LogP contribution in [0, 0.1) is 0 Å². The standard InChI is InChI=1S/C28H38N6O2/c1-3-33(4-2)18-15-29-26-10-8-9-24(31-26)22-19-25(28(36)30-20-22)32-27(35)21-11-13-23(14-12-21)34-16-6-5-7-17-34/h8-14,19-20,26,29,31H,3-7,15-18H2,1-2H3,(H,30,36)(H,32,35). The SMILES string of the molecule is CCN(CC)CCNC1C=CC=C(c2c[nH]c(=O)c(NC(=O)c3ccc(N4CCCCC4)cc3)c2)N1. The highest BCUT2D eigenvalue weighted by molar-refractivity contribution is 6.04. The van der Waals surface area contributed by atoms with Crippen LogP contribution in [0.3, 0.4) is 0 Å². The third-order valence-electron chi connectivity index (χ3n) is 6.88. The van der Waals surface area contributed by atoms with Crippen molar-refractivity contribution in [2.24, 2.45) is 0 Å². The summed E-state index contributed by atoms with van der Waals surface area (Å²) in [5.41, 5.74) is 3.21. The fourth-order valence-corrected chi connectivity index (χ4v) is 4.65. The summed E-state index contributed by atoms with van der Waals surface area (Å²) in [5.74, 6) is -0.302. The number of dihydropyridines is 1. The van der Waals surface area contributed by atoms with Gasteiger partial charge in [-0.15, -0.1) is 0 Å². The molecule has 0 radical (unpaired) electrons. The maximum atomic E-state index is 12.9. The number of aromatic amines is 1. The molecule has 1 saturated heterocycles. The smallest absolute Gasteiger partial charge is 0.271 e. The third kappa shape index (κ3) is 6.65. The predicted molar refractivity (Wildman–Crippen MR) is 147 cm³/mol. The largest absolute Gasteiger partial charge is 0.372 e. The Bertz CT molecular complexity index is 1130. The number of H-pyrrole nitrogens is 1. The number of hydrogen-bond donors (Lipinski definition) is 4. The highest BCUT2D eigenvalue weighted by Gasteiger charge is 2.16. The number of benzene rings is 1. The Kier molecular flexibility index (Phi) is 8.97. The number of nitrogens with zero attached hydrogens (tertiary/aromatic N) is 2. The van der Waals surface area contributed by atoms with Gasteiger partial charge in [-0.2, -0.15) is 0 Å². The number of aromatic nitrogens is 1. The van der Waals surface area contributed by atoms with Crippen LogP contribution >= 0.6 is 0 Å². The monoisotopic (exact) mass is 490 g/mol. The molecule has 1 atom stereocenters. The van der Waals surface area contributed by atoms with E-state index in [0.29, 0.717) is 5.56 Å². The van der Waals surface area contributed by atoms with Crippen LogP contribution in [0.15, 0.2) is 59.6 Å². The Morgan fingerprint density at radius 3 is 2.58 bits per heavy atom. The molecule has 192 valence electrons. The van der Waals surface area contributed by atoms with E-state index in [2.05, 4.69) is 50.7 Å². The molecule has 2 aliphatic rings. The molecule has 0 saturated carbocycles. The van der Waals surface area contributed by atoms with Crippen LogP contribution in [0.25, 0.3) is 5.70 Å². The molecule has 0 aliphatic carbocycles. The van der Waals surface area contributed by atoms with Crippen molar-refractivity contribution in [2.45, 2.75) is 39.3 Å². The molecule has 36 heavy (non-hydrogen) atoms. The average molecular weight is 491 g/mol. The van der Waals surface area contributed by atoms with Crippen molar-refractivity contribution in [1.29, 1.82) is 0 Å². The second-order valence-electron chi connectivity index (χ2n) is 9.25. The topological polar surface area (TPSA) is 92.5 Å². The number of likely N-dealkylation sites (N-methyl/N-ethyl adjacent to an activating group) is 1. The molecule has 2 aromatic rings. The lowest BCUT2D eigenvalue weighted by Crippen LogP contribution is -2.44. The number of nitrogens with one attached hydrogen (secondary N) is 4. The van der Waals surface area contributed by atoms with Crippen LogP contribution in [0.1, 0.15) is 49.0 Å². The molecule has 1 fully saturated rings. The fourth-order valence-electron chi connectivity index (χ4n) is 4.65. The molecule has 4 rings (SSSR count). The van der Waals surface area contributed by atoms with E-state index >= 15 is 0 Å². The van der Waals surface area contributed by atoms with Gasteiger partial charge >= 0.3 is 0 Å². The molecule has 1 amide bonds. The number of piperidine rings is 1. The van der Waals surface area contributed by atoms with Crippen molar-refractivity contribution in [3.05, 3.63) is 76.2 Å². The average Bonchev–Trinajstić information content (AvgIpc) is 2.93. The van der Waals surface area contributed by atoms with Crippen LogP contribution in [-0.4, -0.2) is 61.2 Å². The van der Waals surface area contributed by atoms with Crippen LogP contribution in [0.2, 0.25) is 0 Å². The molecule has 1 aromatic carbocycles. The Labute approximate surface area is 213 Å². The summed E-state index contributed by atoms with van der Waals surface area (Å²) in [4.78, 5) is 32.8. The highest BCUT2D eigenvalue weighted by Crippen LogP contribution is 2.21. The highest BCUT2D eigenvalue weighted by atomic mass is 16.2. The second-order valence-corrected chi connectivity index (χ2v) is 9.25. The van der Waals surface area contributed by atoms with Crippen LogP contribution < -0.4 is 26.4 Å². The third-order valence-corrected chi connectivity index (χ3v) is 6.88. The Balaban J connectivity index is 1.38. The number of allylic oxidation sites excluding steroid dienone is 2. The minimum Gasteiger partial charge on any atom is -0.372 e. The first-order valence-corrected chi connectivity index (χ1v) is 13.1. The first-order valence-electron chi connectivity index (χ1n) is 13.1. The molecule has 8 nitrogen and oxygen atoms in total. The van der Waals surface area contributed by atoms with E-state index in [4.69, 9.17) is 0 Å². The molecule has 8 heteroatoms. The van der Waals surface area contributed by atoms with E-state index in [1.165, 1.54) is 19.3 Å². The van der Waals surface area contributed by atoms with Crippen molar-refractivity contribution in [2.75, 3.05) is 49.5 Å². The van der Waals surface area contributed by atoms with E-state index in [1.807, 2.05) is 36.4 Å². The van der Waals surface area contributed by atoms with Crippen molar-refractivity contribution in [3.8, 4) is 0 Å². The first kappa shape index (κ1) is 25.7. The van der Waals surface area contributed by atoms with E-state index in [1.54, 1.807) is 12.3 Å². The molecule has 4 N–H and O–H groups in total. The number of anilines is 2. The molecule has 3 heterocycles. The summed E-state index contributed by atoms with van der Waals surface area (Å²) < 4.78 is 0. The Hall–Kier alpha value is -3.36. The molecule has 1 unspecified atom stereocenters. The van der Waals surface area contributed by atoms with Gasteiger partial charge in [-0.05, 0) is 74.8 Å². The van der Waals surface area contributed by atoms with Gasteiger partial charge in [0.25, 0.3) is 11.5 Å².